The number of hydrogen-bond acceptors (Lipinski definition) is 5. The number of thiazole rings is 1. The molecule has 3 rings (SSSR count). The second-order valence-electron chi connectivity index (χ2n) is 4.97. The first-order valence-electron chi connectivity index (χ1n) is 7.49. The van der Waals surface area contributed by atoms with E-state index in [2.05, 4.69) is 10.3 Å². The molecule has 1 N–H and O–H groups in total. The third-order valence-electron chi connectivity index (χ3n) is 3.37. The van der Waals surface area contributed by atoms with E-state index in [0.717, 1.165) is 22.3 Å². The van der Waals surface area contributed by atoms with Crippen LogP contribution < -0.4 is 14.8 Å². The number of methoxy groups -OCH3 is 1. The number of anilines is 2. The summed E-state index contributed by atoms with van der Waals surface area (Å²) in [7, 11) is 1.44. The van der Waals surface area contributed by atoms with Crippen LogP contribution in [0.2, 0.25) is 0 Å². The first-order valence-corrected chi connectivity index (χ1v) is 8.37. The Bertz CT molecular complexity index is 824. The molecule has 0 amide bonds. The summed E-state index contributed by atoms with van der Waals surface area (Å²) in [6.07, 6.45) is 0. The molecule has 1 aromatic heterocycles. The summed E-state index contributed by atoms with van der Waals surface area (Å²) < 4.78 is 24.2. The predicted octanol–water partition coefficient (Wildman–Crippen LogP) is 5.68. The number of hydrogen-bond donors (Lipinski definition) is 1. The molecule has 1 heterocycles. The molecule has 132 valence electrons. The van der Waals surface area contributed by atoms with Gasteiger partial charge in [0.1, 0.15) is 5.75 Å². The Hall–Kier alpha value is -2.12. The van der Waals surface area contributed by atoms with Crippen molar-refractivity contribution in [3.63, 3.8) is 0 Å². The van der Waals surface area contributed by atoms with Gasteiger partial charge < -0.3 is 14.8 Å². The summed E-state index contributed by atoms with van der Waals surface area (Å²) in [5.74, 6) is 0.655. The fraction of sp³-hybridized carbons (Fsp3) is 0.167. The van der Waals surface area contributed by atoms with Crippen molar-refractivity contribution < 1.29 is 13.9 Å². The minimum atomic E-state index is -0.399. The number of ether oxygens (including phenoxy) is 2. The molecule has 3 aromatic rings. The molecule has 0 saturated heterocycles. The third kappa shape index (κ3) is 4.70. The Balaban J connectivity index is 0.00000225. The van der Waals surface area contributed by atoms with E-state index in [1.165, 1.54) is 24.5 Å². The van der Waals surface area contributed by atoms with Crippen LogP contribution in [0, 0.1) is 5.82 Å². The number of rotatable bonds is 6. The molecular weight excluding hydrogens is 407 g/mol. The maximum atomic E-state index is 13.8. The Kier molecular flexibility index (Phi) is 6.78. The Morgan fingerprint density at radius 2 is 1.92 bits per heavy atom. The van der Waals surface area contributed by atoms with Gasteiger partial charge in [0.2, 0.25) is 0 Å². The standard InChI is InChI=1S/C18H17FN2O2S.BrH/c1-3-23-14-7-5-13(6-8-14)20-18-21-16(11-24-18)12-4-9-17(22-2)15(19)10-12;/h4-11H,3H2,1-2H3,(H,20,21);1H. The highest BCUT2D eigenvalue weighted by molar-refractivity contribution is 8.93. The maximum absolute atomic E-state index is 13.8. The summed E-state index contributed by atoms with van der Waals surface area (Å²) >= 11 is 1.46. The Morgan fingerprint density at radius 3 is 2.56 bits per heavy atom. The zero-order valence-electron chi connectivity index (χ0n) is 13.8. The molecule has 4 nitrogen and oxygen atoms in total. The molecule has 0 radical (unpaired) electrons. The molecule has 0 unspecified atom stereocenters. The monoisotopic (exact) mass is 424 g/mol. The molecule has 0 aliphatic carbocycles. The normalized spacial score (nSPS) is 10.0. The van der Waals surface area contributed by atoms with Crippen molar-refractivity contribution in [1.29, 1.82) is 0 Å². The highest BCUT2D eigenvalue weighted by Crippen LogP contribution is 2.30. The average Bonchev–Trinajstić information content (AvgIpc) is 3.05. The van der Waals surface area contributed by atoms with Gasteiger partial charge in [-0.1, -0.05) is 0 Å². The highest BCUT2D eigenvalue weighted by atomic mass is 79.9. The van der Waals surface area contributed by atoms with Gasteiger partial charge in [0, 0.05) is 16.6 Å². The van der Waals surface area contributed by atoms with E-state index in [1.54, 1.807) is 12.1 Å². The van der Waals surface area contributed by atoms with Crippen molar-refractivity contribution >= 4 is 39.1 Å². The molecule has 0 atom stereocenters. The minimum absolute atomic E-state index is 0. The fourth-order valence-electron chi connectivity index (χ4n) is 2.21. The van der Waals surface area contributed by atoms with Gasteiger partial charge in [0.25, 0.3) is 0 Å². The van der Waals surface area contributed by atoms with Gasteiger partial charge >= 0.3 is 0 Å². The SMILES string of the molecule is Br.CCOc1ccc(Nc2nc(-c3ccc(OC)c(F)c3)cs2)cc1. The van der Waals surface area contributed by atoms with Crippen LogP contribution in [-0.2, 0) is 0 Å². The second kappa shape index (κ2) is 8.82. The fourth-order valence-corrected chi connectivity index (χ4v) is 2.95. The minimum Gasteiger partial charge on any atom is -0.494 e. The van der Waals surface area contributed by atoms with Crippen LogP contribution in [0.25, 0.3) is 11.3 Å². The molecule has 0 bridgehead atoms. The number of nitrogens with one attached hydrogen (secondary N) is 1. The molecule has 0 fully saturated rings. The van der Waals surface area contributed by atoms with E-state index in [0.29, 0.717) is 12.2 Å². The molecular formula is C18H18BrFN2O2S. The summed E-state index contributed by atoms with van der Waals surface area (Å²) in [4.78, 5) is 4.50. The van der Waals surface area contributed by atoms with Crippen molar-refractivity contribution in [2.45, 2.75) is 6.92 Å². The molecule has 2 aromatic carbocycles. The van der Waals surface area contributed by atoms with Gasteiger partial charge in [-0.25, -0.2) is 9.37 Å². The summed E-state index contributed by atoms with van der Waals surface area (Å²) in [5, 5.41) is 5.86. The van der Waals surface area contributed by atoms with Gasteiger partial charge in [-0.05, 0) is 49.4 Å². The number of halogens is 2. The van der Waals surface area contributed by atoms with Crippen LogP contribution in [0.15, 0.2) is 47.8 Å². The summed E-state index contributed by atoms with van der Waals surface area (Å²) in [6, 6.07) is 12.5. The number of benzene rings is 2. The zero-order chi connectivity index (χ0) is 16.9. The predicted molar refractivity (Wildman–Crippen MR) is 105 cm³/mol. The first kappa shape index (κ1) is 19.2. The molecule has 0 saturated carbocycles. The van der Waals surface area contributed by atoms with Gasteiger partial charge in [-0.15, -0.1) is 28.3 Å². The van der Waals surface area contributed by atoms with Crippen LogP contribution in [0.4, 0.5) is 15.2 Å². The van der Waals surface area contributed by atoms with Crippen LogP contribution in [0.3, 0.4) is 0 Å². The van der Waals surface area contributed by atoms with Crippen molar-refractivity contribution in [1.82, 2.24) is 4.98 Å². The van der Waals surface area contributed by atoms with Crippen molar-refractivity contribution in [3.05, 3.63) is 53.7 Å². The van der Waals surface area contributed by atoms with Crippen LogP contribution >= 0.6 is 28.3 Å². The van der Waals surface area contributed by atoms with Crippen molar-refractivity contribution in [2.75, 3.05) is 19.0 Å². The van der Waals surface area contributed by atoms with Gasteiger partial charge in [-0.3, -0.25) is 0 Å². The maximum Gasteiger partial charge on any atom is 0.187 e. The molecule has 25 heavy (non-hydrogen) atoms. The smallest absolute Gasteiger partial charge is 0.187 e. The quantitative estimate of drug-likeness (QED) is 0.552. The molecule has 0 aliphatic rings. The lowest BCUT2D eigenvalue weighted by molar-refractivity contribution is 0.340. The van der Waals surface area contributed by atoms with E-state index in [4.69, 9.17) is 9.47 Å². The Morgan fingerprint density at radius 1 is 1.16 bits per heavy atom. The first-order chi connectivity index (χ1) is 11.7. The lowest BCUT2D eigenvalue weighted by Gasteiger charge is -2.05. The summed E-state index contributed by atoms with van der Waals surface area (Å²) in [5.41, 5.74) is 2.35. The average molecular weight is 425 g/mol. The zero-order valence-corrected chi connectivity index (χ0v) is 16.3. The van der Waals surface area contributed by atoms with Gasteiger partial charge in [0.05, 0.1) is 19.4 Å². The van der Waals surface area contributed by atoms with E-state index in [-0.39, 0.29) is 22.7 Å². The molecule has 7 heteroatoms. The largest absolute Gasteiger partial charge is 0.494 e. The topological polar surface area (TPSA) is 43.4 Å². The number of nitrogens with zero attached hydrogens (tertiary/aromatic N) is 1. The lowest BCUT2D eigenvalue weighted by atomic mass is 10.1. The molecule has 0 spiro atoms. The van der Waals surface area contributed by atoms with Crippen LogP contribution in [0.5, 0.6) is 11.5 Å². The second-order valence-corrected chi connectivity index (χ2v) is 5.83. The van der Waals surface area contributed by atoms with Crippen molar-refractivity contribution in [2.24, 2.45) is 0 Å². The van der Waals surface area contributed by atoms with Crippen LogP contribution in [0.1, 0.15) is 6.92 Å². The lowest BCUT2D eigenvalue weighted by Crippen LogP contribution is -1.93. The number of aromatic nitrogens is 1. The van der Waals surface area contributed by atoms with E-state index >= 15 is 0 Å². The van der Waals surface area contributed by atoms with Crippen LogP contribution in [-0.4, -0.2) is 18.7 Å². The van der Waals surface area contributed by atoms with E-state index in [1.807, 2.05) is 36.6 Å². The molecule has 0 aliphatic heterocycles. The van der Waals surface area contributed by atoms with Crippen molar-refractivity contribution in [3.8, 4) is 22.8 Å². The van der Waals surface area contributed by atoms with E-state index in [9.17, 15) is 4.39 Å². The van der Waals surface area contributed by atoms with Gasteiger partial charge in [-0.2, -0.15) is 0 Å². The highest BCUT2D eigenvalue weighted by Gasteiger charge is 2.09. The van der Waals surface area contributed by atoms with Gasteiger partial charge in [0.15, 0.2) is 16.7 Å². The summed E-state index contributed by atoms with van der Waals surface area (Å²) in [6.45, 7) is 2.59. The Labute approximate surface area is 160 Å². The van der Waals surface area contributed by atoms with E-state index < -0.39 is 5.82 Å². The third-order valence-corrected chi connectivity index (χ3v) is 4.13.